The molecule has 1 aromatic rings. The van der Waals surface area contributed by atoms with Crippen molar-refractivity contribution in [3.63, 3.8) is 0 Å². The second-order valence-electron chi connectivity index (χ2n) is 4.08. The van der Waals surface area contributed by atoms with Crippen LogP contribution < -0.4 is 0 Å². The van der Waals surface area contributed by atoms with Gasteiger partial charge >= 0.3 is 5.17 Å². The van der Waals surface area contributed by atoms with Crippen molar-refractivity contribution in [2.75, 3.05) is 27.4 Å². The third kappa shape index (κ3) is 3.37. The van der Waals surface area contributed by atoms with E-state index >= 15 is 0 Å². The summed E-state index contributed by atoms with van der Waals surface area (Å²) in [6, 6.07) is 10.6. The van der Waals surface area contributed by atoms with Crippen molar-refractivity contribution >= 4 is 16.9 Å². The first-order valence-electron chi connectivity index (χ1n) is 5.60. The van der Waals surface area contributed by atoms with Crippen LogP contribution in [0.5, 0.6) is 0 Å². The zero-order chi connectivity index (χ0) is 12.8. The highest BCUT2D eigenvalue weighted by atomic mass is 32.2. The van der Waals surface area contributed by atoms with Crippen LogP contribution in [0.3, 0.4) is 0 Å². The van der Waals surface area contributed by atoms with Crippen LogP contribution in [0.2, 0.25) is 0 Å². The molecule has 17 heavy (non-hydrogen) atoms. The Hall–Kier alpha value is -1.22. The molecule has 0 spiro atoms. The van der Waals surface area contributed by atoms with E-state index in [1.54, 1.807) is 11.8 Å². The minimum atomic E-state index is 0.209. The van der Waals surface area contributed by atoms with Gasteiger partial charge in [0.25, 0.3) is 0 Å². The summed E-state index contributed by atoms with van der Waals surface area (Å²) in [6.07, 6.45) is 4.08. The van der Waals surface area contributed by atoms with Crippen molar-refractivity contribution < 1.29 is 4.58 Å². The Morgan fingerprint density at radius 3 is 2.35 bits per heavy atom. The Balaban J connectivity index is 3.04. The lowest BCUT2D eigenvalue weighted by Gasteiger charge is -2.22. The van der Waals surface area contributed by atoms with Crippen molar-refractivity contribution in [2.24, 2.45) is 0 Å². The molecule has 0 N–H and O–H groups in total. The maximum Gasteiger partial charge on any atom is 0.308 e. The predicted molar refractivity (Wildman–Crippen MR) is 77.8 cm³/mol. The predicted octanol–water partition coefficient (Wildman–Crippen LogP) is 2.84. The highest BCUT2D eigenvalue weighted by Gasteiger charge is 2.24. The summed E-state index contributed by atoms with van der Waals surface area (Å²) in [6.45, 7) is 3.95. The molecule has 1 atom stereocenters. The van der Waals surface area contributed by atoms with Gasteiger partial charge in [0.05, 0.1) is 21.1 Å². The second-order valence-corrected chi connectivity index (χ2v) is 4.86. The standard InChI is InChI=1S/C14H21N2S/c1-6-13(12-10-8-7-9-11-12)16(4)14(17-5)15(2)3/h6-11,13H,1H2,2-5H3/q+1. The number of likely N-dealkylation sites (N-methyl/N-ethyl adjacent to an activating group) is 1. The smallest absolute Gasteiger partial charge is 0.262 e. The molecule has 2 nitrogen and oxygen atoms in total. The molecule has 0 bridgehead atoms. The Bertz CT molecular complexity index is 394. The van der Waals surface area contributed by atoms with Gasteiger partial charge in [-0.3, -0.25) is 4.58 Å². The molecule has 0 heterocycles. The molecule has 0 amide bonds. The van der Waals surface area contributed by atoms with Crippen LogP contribution >= 0.6 is 11.8 Å². The SMILES string of the molecule is C=CC(c1ccccc1)N(C)C(SC)=[N+](C)C. The Labute approximate surface area is 109 Å². The Kier molecular flexibility index (Phi) is 5.29. The third-order valence-electron chi connectivity index (χ3n) is 2.65. The van der Waals surface area contributed by atoms with Crippen molar-refractivity contribution in [3.8, 4) is 0 Å². The Morgan fingerprint density at radius 1 is 1.35 bits per heavy atom. The molecule has 0 radical (unpaired) electrons. The molecule has 0 aliphatic carbocycles. The first-order chi connectivity index (χ1) is 8.11. The molecule has 1 unspecified atom stereocenters. The fourth-order valence-electron chi connectivity index (χ4n) is 1.93. The minimum absolute atomic E-state index is 0.209. The van der Waals surface area contributed by atoms with Crippen LogP contribution in [0, 0.1) is 0 Å². The fourth-order valence-corrected chi connectivity index (χ4v) is 2.70. The van der Waals surface area contributed by atoms with Crippen LogP contribution in [-0.4, -0.2) is 42.0 Å². The van der Waals surface area contributed by atoms with Gasteiger partial charge in [0, 0.05) is 5.56 Å². The van der Waals surface area contributed by atoms with Crippen LogP contribution in [0.4, 0.5) is 0 Å². The molecule has 0 aliphatic heterocycles. The molecule has 3 heteroatoms. The van der Waals surface area contributed by atoms with E-state index in [4.69, 9.17) is 0 Å². The lowest BCUT2D eigenvalue weighted by atomic mass is 10.1. The van der Waals surface area contributed by atoms with Gasteiger partial charge in [0.1, 0.15) is 6.04 Å². The topological polar surface area (TPSA) is 6.25 Å². The number of benzene rings is 1. The van der Waals surface area contributed by atoms with E-state index in [-0.39, 0.29) is 6.04 Å². The zero-order valence-electron chi connectivity index (χ0n) is 11.1. The lowest BCUT2D eigenvalue weighted by Crippen LogP contribution is -2.33. The first-order valence-corrected chi connectivity index (χ1v) is 6.83. The van der Waals surface area contributed by atoms with Crippen molar-refractivity contribution in [3.05, 3.63) is 48.6 Å². The highest BCUT2D eigenvalue weighted by molar-refractivity contribution is 8.12. The summed E-state index contributed by atoms with van der Waals surface area (Å²) in [5.41, 5.74) is 1.26. The summed E-state index contributed by atoms with van der Waals surface area (Å²) in [7, 11) is 6.23. The largest absolute Gasteiger partial charge is 0.308 e. The lowest BCUT2D eigenvalue weighted by molar-refractivity contribution is -0.466. The quantitative estimate of drug-likeness (QED) is 0.352. The van der Waals surface area contributed by atoms with Gasteiger partial charge in [-0.05, 0) is 24.1 Å². The molecular formula is C14H21N2S+. The van der Waals surface area contributed by atoms with Gasteiger partial charge < -0.3 is 0 Å². The summed E-state index contributed by atoms with van der Waals surface area (Å²) >= 11 is 1.75. The van der Waals surface area contributed by atoms with Crippen molar-refractivity contribution in [1.29, 1.82) is 0 Å². The number of hydrogen-bond donors (Lipinski definition) is 0. The number of rotatable bonds is 3. The van der Waals surface area contributed by atoms with Crippen LogP contribution in [0.1, 0.15) is 11.6 Å². The molecule has 0 aliphatic rings. The number of nitrogens with zero attached hydrogens (tertiary/aromatic N) is 2. The van der Waals surface area contributed by atoms with E-state index < -0.39 is 0 Å². The molecule has 0 saturated heterocycles. The van der Waals surface area contributed by atoms with Gasteiger partial charge in [-0.25, -0.2) is 4.90 Å². The molecule has 0 fully saturated rings. The first kappa shape index (κ1) is 13.8. The highest BCUT2D eigenvalue weighted by Crippen LogP contribution is 2.22. The maximum atomic E-state index is 3.95. The normalized spacial score (nSPS) is 11.8. The molecule has 0 aromatic heterocycles. The molecule has 92 valence electrons. The van der Waals surface area contributed by atoms with Gasteiger partial charge in [0.15, 0.2) is 0 Å². The number of amidine groups is 1. The summed E-state index contributed by atoms with van der Waals surface area (Å²) in [4.78, 5) is 2.24. The minimum Gasteiger partial charge on any atom is -0.262 e. The maximum absolute atomic E-state index is 3.95. The average molecular weight is 249 g/mol. The van der Waals surface area contributed by atoms with Gasteiger partial charge in [-0.15, -0.1) is 0 Å². The Morgan fingerprint density at radius 2 is 1.94 bits per heavy atom. The van der Waals surface area contributed by atoms with Crippen molar-refractivity contribution in [2.45, 2.75) is 6.04 Å². The average Bonchev–Trinajstić information content (AvgIpc) is 2.31. The van der Waals surface area contributed by atoms with E-state index in [9.17, 15) is 0 Å². The van der Waals surface area contributed by atoms with Gasteiger partial charge in [-0.2, -0.15) is 0 Å². The molecular weight excluding hydrogens is 228 g/mol. The third-order valence-corrected chi connectivity index (χ3v) is 3.67. The van der Waals surface area contributed by atoms with E-state index in [0.29, 0.717) is 0 Å². The van der Waals surface area contributed by atoms with Gasteiger partial charge in [0.2, 0.25) is 0 Å². The molecule has 0 saturated carbocycles. The zero-order valence-corrected chi connectivity index (χ0v) is 11.9. The molecule has 1 aromatic carbocycles. The monoisotopic (exact) mass is 249 g/mol. The molecule has 1 rings (SSSR count). The van der Waals surface area contributed by atoms with Crippen molar-refractivity contribution in [1.82, 2.24) is 4.90 Å². The number of hydrogen-bond acceptors (Lipinski definition) is 1. The van der Waals surface area contributed by atoms with E-state index in [2.05, 4.69) is 67.7 Å². The van der Waals surface area contributed by atoms with E-state index in [1.807, 2.05) is 12.1 Å². The van der Waals surface area contributed by atoms with Crippen LogP contribution in [0.15, 0.2) is 43.0 Å². The van der Waals surface area contributed by atoms with Crippen LogP contribution in [0.25, 0.3) is 0 Å². The fraction of sp³-hybridized carbons (Fsp3) is 0.357. The van der Waals surface area contributed by atoms with E-state index in [0.717, 1.165) is 0 Å². The summed E-state index contributed by atoms with van der Waals surface area (Å²) < 4.78 is 2.13. The number of thioether (sulfide) groups is 1. The van der Waals surface area contributed by atoms with Gasteiger partial charge in [-0.1, -0.05) is 36.9 Å². The van der Waals surface area contributed by atoms with Crippen LogP contribution in [-0.2, 0) is 0 Å². The summed E-state index contributed by atoms with van der Waals surface area (Å²) in [5.74, 6) is 0. The second kappa shape index (κ2) is 6.50. The summed E-state index contributed by atoms with van der Waals surface area (Å²) in [5, 5.41) is 1.22. The van der Waals surface area contributed by atoms with E-state index in [1.165, 1.54) is 10.7 Å².